The number of nitriles is 1. The summed E-state index contributed by atoms with van der Waals surface area (Å²) in [6.45, 7) is 7.79. The number of anilines is 1. The molecule has 0 radical (unpaired) electrons. The first kappa shape index (κ1) is 21.8. The van der Waals surface area contributed by atoms with Gasteiger partial charge in [0.15, 0.2) is 9.84 Å². The third-order valence-corrected chi connectivity index (χ3v) is 6.15. The average molecular weight is 427 g/mol. The van der Waals surface area contributed by atoms with Gasteiger partial charge in [0, 0.05) is 43.4 Å². The zero-order valence-electron chi connectivity index (χ0n) is 17.7. The van der Waals surface area contributed by atoms with Crippen LogP contribution in [0.1, 0.15) is 26.3 Å². The van der Waals surface area contributed by atoms with Gasteiger partial charge in [-0.15, -0.1) is 0 Å². The Morgan fingerprint density at radius 3 is 2.20 bits per heavy atom. The molecule has 1 aromatic heterocycles. The lowest BCUT2D eigenvalue weighted by atomic mass is 9.94. The molecule has 0 aliphatic carbocycles. The minimum atomic E-state index is -3.58. The molecule has 1 saturated heterocycles. The van der Waals surface area contributed by atoms with Crippen LogP contribution in [0.15, 0.2) is 41.3 Å². The molecule has 0 bridgehead atoms. The molecule has 0 atom stereocenters. The Morgan fingerprint density at radius 1 is 1.10 bits per heavy atom. The molecule has 0 unspecified atom stereocenters. The first-order chi connectivity index (χ1) is 14.0. The molecule has 2 aromatic rings. The van der Waals surface area contributed by atoms with Crippen LogP contribution in [0, 0.1) is 16.7 Å². The Morgan fingerprint density at radius 2 is 1.70 bits per heavy atom. The lowest BCUT2D eigenvalue weighted by molar-refractivity contribution is -0.139. The molecule has 0 N–H and O–H groups in total. The van der Waals surface area contributed by atoms with Gasteiger partial charge in [-0.25, -0.2) is 13.4 Å². The topological polar surface area (TPSA) is 94.4 Å². The number of aromatic nitrogens is 1. The summed E-state index contributed by atoms with van der Waals surface area (Å²) in [5.41, 5.74) is 0.770. The van der Waals surface area contributed by atoms with Gasteiger partial charge >= 0.3 is 0 Å². The number of hydrogen-bond acceptors (Lipinski definition) is 6. The van der Waals surface area contributed by atoms with E-state index < -0.39 is 15.3 Å². The van der Waals surface area contributed by atoms with Gasteiger partial charge in [0.25, 0.3) is 0 Å². The van der Waals surface area contributed by atoms with E-state index >= 15 is 0 Å². The van der Waals surface area contributed by atoms with Crippen molar-refractivity contribution in [1.82, 2.24) is 9.88 Å². The molecule has 1 amide bonds. The summed E-state index contributed by atoms with van der Waals surface area (Å²) in [5, 5.41) is 9.67. The maximum absolute atomic E-state index is 12.6. The quantitative estimate of drug-likeness (QED) is 0.749. The maximum atomic E-state index is 12.6. The van der Waals surface area contributed by atoms with E-state index in [-0.39, 0.29) is 16.4 Å². The van der Waals surface area contributed by atoms with Gasteiger partial charge in [0.1, 0.15) is 11.9 Å². The second kappa shape index (κ2) is 8.07. The van der Waals surface area contributed by atoms with Crippen LogP contribution in [0.25, 0.3) is 11.3 Å². The Balaban J connectivity index is 2.00. The zero-order valence-corrected chi connectivity index (χ0v) is 18.5. The molecule has 158 valence electrons. The van der Waals surface area contributed by atoms with Crippen LogP contribution in [-0.2, 0) is 14.6 Å². The van der Waals surface area contributed by atoms with E-state index in [4.69, 9.17) is 0 Å². The van der Waals surface area contributed by atoms with E-state index in [2.05, 4.69) is 11.1 Å². The molecule has 8 heteroatoms. The van der Waals surface area contributed by atoms with Gasteiger partial charge in [0.05, 0.1) is 16.2 Å². The fourth-order valence-corrected chi connectivity index (χ4v) is 4.34. The predicted molar refractivity (Wildman–Crippen MR) is 116 cm³/mol. The largest absolute Gasteiger partial charge is 0.352 e. The van der Waals surface area contributed by atoms with E-state index in [1.165, 1.54) is 6.07 Å². The van der Waals surface area contributed by atoms with Crippen LogP contribution in [0.5, 0.6) is 0 Å². The summed E-state index contributed by atoms with van der Waals surface area (Å²) in [5.74, 6) is 0.541. The Bertz CT molecular complexity index is 1090. The van der Waals surface area contributed by atoms with Crippen LogP contribution in [-0.4, -0.2) is 56.6 Å². The third-order valence-electron chi connectivity index (χ3n) is 5.04. The molecule has 0 saturated carbocycles. The average Bonchev–Trinajstić information content (AvgIpc) is 2.71. The summed E-state index contributed by atoms with van der Waals surface area (Å²) >= 11 is 0. The number of hydrogen-bond donors (Lipinski definition) is 0. The molecular weight excluding hydrogens is 400 g/mol. The van der Waals surface area contributed by atoms with Crippen molar-refractivity contribution < 1.29 is 13.2 Å². The minimum Gasteiger partial charge on any atom is -0.352 e. The van der Waals surface area contributed by atoms with E-state index in [0.717, 1.165) is 6.26 Å². The Hall–Kier alpha value is -2.92. The lowest BCUT2D eigenvalue weighted by Crippen LogP contribution is -2.52. The van der Waals surface area contributed by atoms with Gasteiger partial charge in [-0.2, -0.15) is 5.26 Å². The molecular formula is C22H26N4O3S. The Kier molecular flexibility index (Phi) is 5.86. The normalized spacial score (nSPS) is 15.0. The van der Waals surface area contributed by atoms with E-state index in [0.29, 0.717) is 43.3 Å². The second-order valence-electron chi connectivity index (χ2n) is 8.49. The minimum absolute atomic E-state index is 0.0375. The Labute approximate surface area is 177 Å². The predicted octanol–water partition coefficient (Wildman–Crippen LogP) is 2.72. The number of piperazine rings is 1. The molecule has 7 nitrogen and oxygen atoms in total. The monoisotopic (exact) mass is 426 g/mol. The van der Waals surface area contributed by atoms with Crippen molar-refractivity contribution in [1.29, 1.82) is 5.26 Å². The maximum Gasteiger partial charge on any atom is 0.228 e. The molecule has 1 aromatic carbocycles. The highest BCUT2D eigenvalue weighted by molar-refractivity contribution is 7.90. The first-order valence-electron chi connectivity index (χ1n) is 9.77. The lowest BCUT2D eigenvalue weighted by Gasteiger charge is -2.38. The van der Waals surface area contributed by atoms with Crippen molar-refractivity contribution in [3.8, 4) is 17.3 Å². The number of sulfone groups is 1. The fourth-order valence-electron chi connectivity index (χ4n) is 3.49. The van der Waals surface area contributed by atoms with Gasteiger partial charge in [0.2, 0.25) is 5.91 Å². The SMILES string of the molecule is CC(C)(C)C(=O)N1CCN(c2nc(-c3ccccc3)c(S(C)(=O)=O)cc2C#N)CC1. The highest BCUT2D eigenvalue weighted by Crippen LogP contribution is 2.31. The molecule has 1 aliphatic heterocycles. The van der Waals surface area contributed by atoms with E-state index in [9.17, 15) is 18.5 Å². The van der Waals surface area contributed by atoms with Crippen LogP contribution >= 0.6 is 0 Å². The summed E-state index contributed by atoms with van der Waals surface area (Å²) in [6.07, 6.45) is 1.12. The summed E-state index contributed by atoms with van der Waals surface area (Å²) in [7, 11) is -3.58. The van der Waals surface area contributed by atoms with Crippen molar-refractivity contribution in [3.63, 3.8) is 0 Å². The highest BCUT2D eigenvalue weighted by atomic mass is 32.2. The second-order valence-corrected chi connectivity index (χ2v) is 10.5. The molecule has 1 fully saturated rings. The van der Waals surface area contributed by atoms with Crippen LogP contribution in [0.2, 0.25) is 0 Å². The van der Waals surface area contributed by atoms with Crippen molar-refractivity contribution in [3.05, 3.63) is 42.0 Å². The smallest absolute Gasteiger partial charge is 0.228 e. The molecule has 30 heavy (non-hydrogen) atoms. The van der Waals surface area contributed by atoms with Gasteiger partial charge in [-0.05, 0) is 6.07 Å². The summed E-state index contributed by atoms with van der Waals surface area (Å²) in [6, 6.07) is 12.6. The number of nitrogens with zero attached hydrogens (tertiary/aromatic N) is 4. The van der Waals surface area contributed by atoms with Crippen LogP contribution < -0.4 is 4.90 Å². The number of pyridine rings is 1. The standard InChI is InChI=1S/C22H26N4O3S/c1-22(2,3)21(27)26-12-10-25(11-13-26)20-17(15-23)14-18(30(4,28)29)19(24-20)16-8-6-5-7-9-16/h5-9,14H,10-13H2,1-4H3. The van der Waals surface area contributed by atoms with Gasteiger partial charge in [-0.3, -0.25) is 4.79 Å². The number of carbonyl (C=O) groups excluding carboxylic acids is 1. The summed E-state index contributed by atoms with van der Waals surface area (Å²) < 4.78 is 24.8. The van der Waals surface area contributed by atoms with Crippen molar-refractivity contribution >= 4 is 21.6 Å². The van der Waals surface area contributed by atoms with Crippen molar-refractivity contribution in [2.24, 2.45) is 5.41 Å². The molecule has 0 spiro atoms. The number of benzene rings is 1. The van der Waals surface area contributed by atoms with Gasteiger partial charge < -0.3 is 9.80 Å². The highest BCUT2D eigenvalue weighted by Gasteiger charge is 2.31. The van der Waals surface area contributed by atoms with Crippen molar-refractivity contribution in [2.45, 2.75) is 25.7 Å². The number of amides is 1. The number of carbonyl (C=O) groups is 1. The molecule has 2 heterocycles. The first-order valence-corrected chi connectivity index (χ1v) is 11.7. The molecule has 3 rings (SSSR count). The zero-order chi connectivity index (χ0) is 22.1. The van der Waals surface area contributed by atoms with E-state index in [1.807, 2.05) is 48.8 Å². The third kappa shape index (κ3) is 4.46. The summed E-state index contributed by atoms with van der Waals surface area (Å²) in [4.78, 5) is 21.0. The number of rotatable bonds is 3. The van der Waals surface area contributed by atoms with Gasteiger partial charge in [-0.1, -0.05) is 51.1 Å². The fraction of sp³-hybridized carbons (Fsp3) is 0.409. The van der Waals surface area contributed by atoms with Crippen LogP contribution in [0.4, 0.5) is 5.82 Å². The van der Waals surface area contributed by atoms with E-state index in [1.54, 1.807) is 12.1 Å². The van der Waals surface area contributed by atoms with Crippen LogP contribution in [0.3, 0.4) is 0 Å². The molecule has 1 aliphatic rings. The van der Waals surface area contributed by atoms with Crippen molar-refractivity contribution in [2.75, 3.05) is 37.3 Å².